The third-order valence-corrected chi connectivity index (χ3v) is 8.03. The van der Waals surface area contributed by atoms with Crippen molar-refractivity contribution in [1.82, 2.24) is 0 Å². The molecule has 2 aromatic rings. The van der Waals surface area contributed by atoms with Gasteiger partial charge in [-0.15, -0.1) is 0 Å². The molecule has 0 saturated heterocycles. The Labute approximate surface area is 261 Å². The standard InChI is InChI=1S/C32H28O14/c1-12-7-14-17(26(46-12)21-15(30(39)43-5)8-18(41-3)23(34)25(21)36)10-32(28(37)20(14)13(2)33)11-45-27-22(29(32)38)16(31(40)44-6)9-19(42-4)24(27)35/h7-9,34-36H,10-11H2,1-6H3. The van der Waals surface area contributed by atoms with Crippen LogP contribution in [0.2, 0.25) is 0 Å². The average Bonchev–Trinajstić information content (AvgIpc) is 3.03. The lowest BCUT2D eigenvalue weighted by Crippen LogP contribution is -2.51. The third-order valence-electron chi connectivity index (χ3n) is 8.03. The number of hydrogen-bond donors (Lipinski definition) is 3. The van der Waals surface area contributed by atoms with Gasteiger partial charge in [0.1, 0.15) is 23.5 Å². The van der Waals surface area contributed by atoms with Crippen molar-refractivity contribution >= 4 is 35.0 Å². The molecule has 3 N–H and O–H groups in total. The number of benzene rings is 2. The van der Waals surface area contributed by atoms with Crippen LogP contribution in [0.1, 0.15) is 56.9 Å². The molecule has 0 aromatic heterocycles. The summed E-state index contributed by atoms with van der Waals surface area (Å²) in [6, 6.07) is 2.16. The number of Topliss-reactive ketones (excluding diaryl/α,β-unsaturated/α-hetero) is 3. The van der Waals surface area contributed by atoms with Gasteiger partial charge in [-0.3, -0.25) is 14.4 Å². The molecule has 0 fully saturated rings. The highest BCUT2D eigenvalue weighted by molar-refractivity contribution is 6.33. The largest absolute Gasteiger partial charge is 0.504 e. The van der Waals surface area contributed by atoms with Crippen LogP contribution in [0.5, 0.6) is 34.5 Å². The van der Waals surface area contributed by atoms with Gasteiger partial charge in [-0.1, -0.05) is 0 Å². The van der Waals surface area contributed by atoms with Crippen molar-refractivity contribution in [2.24, 2.45) is 5.41 Å². The lowest BCUT2D eigenvalue weighted by Gasteiger charge is -2.41. The summed E-state index contributed by atoms with van der Waals surface area (Å²) in [6.45, 7) is 1.90. The minimum absolute atomic E-state index is 0.0122. The fourth-order valence-electron chi connectivity index (χ4n) is 5.87. The van der Waals surface area contributed by atoms with Crippen molar-refractivity contribution < 1.29 is 67.7 Å². The van der Waals surface area contributed by atoms with Gasteiger partial charge in [-0.2, -0.15) is 0 Å². The van der Waals surface area contributed by atoms with E-state index in [2.05, 4.69) is 0 Å². The first-order chi connectivity index (χ1) is 21.8. The number of hydrogen-bond acceptors (Lipinski definition) is 14. The first-order valence-corrected chi connectivity index (χ1v) is 13.6. The fourth-order valence-corrected chi connectivity index (χ4v) is 5.87. The highest BCUT2D eigenvalue weighted by atomic mass is 16.5. The molecule has 3 aliphatic rings. The van der Waals surface area contributed by atoms with Crippen LogP contribution in [-0.2, 0) is 23.8 Å². The number of methoxy groups -OCH3 is 4. The molecule has 46 heavy (non-hydrogen) atoms. The van der Waals surface area contributed by atoms with Gasteiger partial charge < -0.3 is 43.7 Å². The molecule has 14 nitrogen and oxygen atoms in total. The van der Waals surface area contributed by atoms with Gasteiger partial charge in [0.25, 0.3) is 0 Å². The SMILES string of the molecule is COC(=O)c1cc(OC)c(O)c(O)c1C1=C2CC3(COc4c(O)c(OC)cc(C(=O)OC)c4C3=O)C(=O)C(C(C)=O)=C2C=C(C)O1. The van der Waals surface area contributed by atoms with Gasteiger partial charge in [0.05, 0.1) is 56.3 Å². The number of ether oxygens (including phenoxy) is 6. The second kappa shape index (κ2) is 11.3. The summed E-state index contributed by atoms with van der Waals surface area (Å²) in [4.78, 5) is 67.7. The zero-order valence-corrected chi connectivity index (χ0v) is 25.5. The predicted molar refractivity (Wildman–Crippen MR) is 155 cm³/mol. The number of ketones is 3. The van der Waals surface area contributed by atoms with Crippen LogP contribution < -0.4 is 14.2 Å². The highest BCUT2D eigenvalue weighted by Gasteiger charge is 2.58. The molecule has 240 valence electrons. The lowest BCUT2D eigenvalue weighted by atomic mass is 9.62. The minimum atomic E-state index is -2.21. The molecule has 1 unspecified atom stereocenters. The number of allylic oxidation sites excluding steroid dienone is 5. The summed E-state index contributed by atoms with van der Waals surface area (Å²) in [7, 11) is 4.55. The monoisotopic (exact) mass is 636 g/mol. The maximum atomic E-state index is 14.5. The van der Waals surface area contributed by atoms with Gasteiger partial charge in [-0.05, 0) is 37.6 Å². The van der Waals surface area contributed by atoms with Crippen LogP contribution in [0.3, 0.4) is 0 Å². The zero-order chi connectivity index (χ0) is 33.8. The van der Waals surface area contributed by atoms with E-state index >= 15 is 0 Å². The molecule has 2 aliphatic heterocycles. The van der Waals surface area contributed by atoms with Gasteiger partial charge >= 0.3 is 11.9 Å². The van der Waals surface area contributed by atoms with E-state index in [0.29, 0.717) is 0 Å². The van der Waals surface area contributed by atoms with E-state index in [1.54, 1.807) is 0 Å². The Bertz CT molecular complexity index is 1880. The molecule has 0 saturated carbocycles. The van der Waals surface area contributed by atoms with Crippen LogP contribution in [0.15, 0.2) is 40.7 Å². The summed E-state index contributed by atoms with van der Waals surface area (Å²) in [5.41, 5.74) is -4.13. The number of aromatic hydroxyl groups is 3. The van der Waals surface area contributed by atoms with E-state index in [0.717, 1.165) is 33.3 Å². The predicted octanol–water partition coefficient (Wildman–Crippen LogP) is 3.16. The maximum Gasteiger partial charge on any atom is 0.338 e. The van der Waals surface area contributed by atoms with E-state index in [1.165, 1.54) is 27.2 Å². The molecule has 2 aromatic carbocycles. The first kappa shape index (κ1) is 31.6. The van der Waals surface area contributed by atoms with Crippen molar-refractivity contribution in [1.29, 1.82) is 0 Å². The van der Waals surface area contributed by atoms with Crippen LogP contribution in [0.25, 0.3) is 5.76 Å². The lowest BCUT2D eigenvalue weighted by molar-refractivity contribution is -0.127. The van der Waals surface area contributed by atoms with E-state index in [4.69, 9.17) is 28.4 Å². The number of rotatable bonds is 6. The van der Waals surface area contributed by atoms with Crippen LogP contribution in [0, 0.1) is 5.41 Å². The summed E-state index contributed by atoms with van der Waals surface area (Å²) < 4.78 is 31.7. The van der Waals surface area contributed by atoms with E-state index in [9.17, 15) is 39.3 Å². The Morgan fingerprint density at radius 3 is 1.93 bits per heavy atom. The normalized spacial score (nSPS) is 18.6. The number of carbonyl (C=O) groups is 5. The van der Waals surface area contributed by atoms with Gasteiger partial charge in [0.15, 0.2) is 40.3 Å². The summed E-state index contributed by atoms with van der Waals surface area (Å²) in [6.07, 6.45) is 0.854. The number of phenols is 3. The Morgan fingerprint density at radius 2 is 1.39 bits per heavy atom. The Hall–Kier alpha value is -5.79. The molecule has 1 spiro atoms. The molecular formula is C32H28O14. The van der Waals surface area contributed by atoms with Crippen molar-refractivity contribution in [3.05, 3.63) is 62.9 Å². The van der Waals surface area contributed by atoms with E-state index in [-0.39, 0.29) is 50.9 Å². The average molecular weight is 637 g/mol. The summed E-state index contributed by atoms with van der Waals surface area (Å²) in [5.74, 6) is -7.91. The Morgan fingerprint density at radius 1 is 0.826 bits per heavy atom. The maximum absolute atomic E-state index is 14.5. The second-order valence-corrected chi connectivity index (χ2v) is 10.6. The highest BCUT2D eigenvalue weighted by Crippen LogP contribution is 2.55. The number of carbonyl (C=O) groups excluding carboxylic acids is 5. The van der Waals surface area contributed by atoms with Gasteiger partial charge in [0.2, 0.25) is 11.5 Å². The summed E-state index contributed by atoms with van der Waals surface area (Å²) >= 11 is 0. The van der Waals surface area contributed by atoms with Crippen molar-refractivity contribution in [2.45, 2.75) is 20.3 Å². The molecule has 1 atom stereocenters. The molecule has 14 heteroatoms. The molecule has 0 amide bonds. The van der Waals surface area contributed by atoms with Crippen molar-refractivity contribution in [3.63, 3.8) is 0 Å². The molecule has 1 aliphatic carbocycles. The third kappa shape index (κ3) is 4.44. The Balaban J connectivity index is 1.86. The molecular weight excluding hydrogens is 608 g/mol. The van der Waals surface area contributed by atoms with E-state index < -0.39 is 81.9 Å². The Kier molecular flexibility index (Phi) is 7.76. The number of esters is 2. The van der Waals surface area contributed by atoms with Crippen LogP contribution in [0.4, 0.5) is 0 Å². The second-order valence-electron chi connectivity index (χ2n) is 10.6. The zero-order valence-electron chi connectivity index (χ0n) is 25.5. The molecule has 0 radical (unpaired) electrons. The molecule has 5 rings (SSSR count). The van der Waals surface area contributed by atoms with Gasteiger partial charge in [-0.25, -0.2) is 9.59 Å². The summed E-state index contributed by atoms with van der Waals surface area (Å²) in [5, 5.41) is 32.7. The molecule has 2 heterocycles. The molecule has 0 bridgehead atoms. The fraction of sp³-hybridized carbons (Fsp3) is 0.281. The van der Waals surface area contributed by atoms with Gasteiger partial charge in [0, 0.05) is 12.0 Å². The topological polar surface area (TPSA) is 201 Å². The van der Waals surface area contributed by atoms with Crippen molar-refractivity contribution in [2.75, 3.05) is 35.0 Å². The first-order valence-electron chi connectivity index (χ1n) is 13.6. The quantitative estimate of drug-likeness (QED) is 0.181. The number of fused-ring (bicyclic) bond motifs is 2. The number of phenolic OH excluding ortho intramolecular Hbond substituents is 3. The van der Waals surface area contributed by atoms with Crippen LogP contribution >= 0.6 is 0 Å². The van der Waals surface area contributed by atoms with Crippen molar-refractivity contribution in [3.8, 4) is 34.5 Å². The van der Waals surface area contributed by atoms with Crippen LogP contribution in [-0.4, -0.2) is 79.7 Å². The van der Waals surface area contributed by atoms with E-state index in [1.807, 2.05) is 0 Å². The smallest absolute Gasteiger partial charge is 0.338 e. The minimum Gasteiger partial charge on any atom is -0.504 e.